The highest BCUT2D eigenvalue weighted by Gasteiger charge is 2.59. The number of anilines is 1. The average molecular weight is 399 g/mol. The van der Waals surface area contributed by atoms with Gasteiger partial charge in [-0.05, 0) is 19.9 Å². The minimum atomic E-state index is -3.82. The maximum atomic E-state index is 14.1. The molecule has 2 heterocycles. The number of rotatable bonds is 8. The normalized spacial score (nSPS) is 25.4. The summed E-state index contributed by atoms with van der Waals surface area (Å²) in [6.45, 7) is 2.44. The van der Waals surface area contributed by atoms with Gasteiger partial charge in [-0.2, -0.15) is 13.8 Å². The van der Waals surface area contributed by atoms with Crippen LogP contribution in [0.4, 0.5) is 14.6 Å². The molecular weight excluding hydrogens is 379 g/mol. The largest absolute Gasteiger partial charge is 0.433 e. The Hall–Kier alpha value is -1.43. The summed E-state index contributed by atoms with van der Waals surface area (Å²) in [5.74, 6) is -4.03. The summed E-state index contributed by atoms with van der Waals surface area (Å²) in [5.41, 5.74) is -1.15. The fraction of sp³-hybridized carbons (Fsp3) is 0.692. The zero-order valence-electron chi connectivity index (χ0n) is 14.0. The van der Waals surface area contributed by atoms with Gasteiger partial charge in [-0.1, -0.05) is 0 Å². The summed E-state index contributed by atoms with van der Waals surface area (Å²) < 4.78 is 55.9. The van der Waals surface area contributed by atoms with E-state index in [1.165, 1.54) is 0 Å². The van der Waals surface area contributed by atoms with Crippen molar-refractivity contribution in [1.82, 2.24) is 9.55 Å². The van der Waals surface area contributed by atoms with E-state index in [4.69, 9.17) is 18.9 Å². The van der Waals surface area contributed by atoms with Gasteiger partial charge in [0.1, 0.15) is 11.9 Å². The van der Waals surface area contributed by atoms with Gasteiger partial charge in [0, 0.05) is 6.20 Å². The molecule has 3 atom stereocenters. The fourth-order valence-electron chi connectivity index (χ4n) is 2.35. The van der Waals surface area contributed by atoms with Crippen molar-refractivity contribution in [1.29, 1.82) is 0 Å². The van der Waals surface area contributed by atoms with E-state index in [2.05, 4.69) is 10.1 Å². The molecule has 1 aromatic heterocycles. The molecule has 1 aromatic rings. The van der Waals surface area contributed by atoms with Crippen LogP contribution in [0.25, 0.3) is 0 Å². The Balaban J connectivity index is 2.28. The Morgan fingerprint density at radius 1 is 1.42 bits per heavy atom. The van der Waals surface area contributed by atoms with Crippen LogP contribution in [0.2, 0.25) is 0 Å². The zero-order chi connectivity index (χ0) is 19.5. The van der Waals surface area contributed by atoms with E-state index in [1.807, 2.05) is 0 Å². The molecule has 148 valence electrons. The van der Waals surface area contributed by atoms with Crippen molar-refractivity contribution >= 4 is 13.6 Å². The van der Waals surface area contributed by atoms with Crippen molar-refractivity contribution < 1.29 is 37.3 Å². The van der Waals surface area contributed by atoms with Crippen molar-refractivity contribution in [3.05, 3.63) is 22.7 Å². The van der Waals surface area contributed by atoms with Gasteiger partial charge in [0.05, 0.1) is 19.8 Å². The van der Waals surface area contributed by atoms with Crippen LogP contribution in [0.5, 0.6) is 0 Å². The summed E-state index contributed by atoms with van der Waals surface area (Å²) in [4.78, 5) is 15.6. The number of hydrogen-bond acceptors (Lipinski definition) is 8. The van der Waals surface area contributed by atoms with Gasteiger partial charge in [-0.3, -0.25) is 18.7 Å². The smallest absolute Gasteiger partial charge is 0.394 e. The van der Waals surface area contributed by atoms with Crippen LogP contribution >= 0.6 is 7.75 Å². The van der Waals surface area contributed by atoms with E-state index in [1.54, 1.807) is 13.8 Å². The highest BCUT2D eigenvalue weighted by Crippen LogP contribution is 2.47. The lowest BCUT2D eigenvalue weighted by Gasteiger charge is -2.22. The highest BCUT2D eigenvalue weighted by atomic mass is 31.2. The molecule has 0 bridgehead atoms. The molecule has 26 heavy (non-hydrogen) atoms. The van der Waals surface area contributed by atoms with Gasteiger partial charge >= 0.3 is 19.4 Å². The lowest BCUT2D eigenvalue weighted by Crippen LogP contribution is -2.41. The van der Waals surface area contributed by atoms with Gasteiger partial charge in [0.2, 0.25) is 6.23 Å². The monoisotopic (exact) mass is 399 g/mol. The van der Waals surface area contributed by atoms with E-state index in [-0.39, 0.29) is 19.0 Å². The number of nitrogens with one attached hydrogen (secondary N) is 1. The first-order chi connectivity index (χ1) is 12.2. The molecule has 0 unspecified atom stereocenters. The molecule has 0 spiro atoms. The van der Waals surface area contributed by atoms with E-state index < -0.39 is 44.4 Å². The van der Waals surface area contributed by atoms with Crippen LogP contribution in [0.15, 0.2) is 17.1 Å². The minimum absolute atomic E-state index is 0.0594. The molecule has 10 nitrogen and oxygen atoms in total. The number of alkyl halides is 2. The van der Waals surface area contributed by atoms with E-state index in [0.29, 0.717) is 4.57 Å². The molecule has 0 aromatic carbocycles. The molecule has 3 N–H and O–H groups in total. The van der Waals surface area contributed by atoms with Crippen LogP contribution in [-0.2, 0) is 18.3 Å². The minimum Gasteiger partial charge on any atom is -0.394 e. The van der Waals surface area contributed by atoms with E-state index in [9.17, 15) is 23.2 Å². The van der Waals surface area contributed by atoms with Gasteiger partial charge < -0.3 is 14.9 Å². The molecule has 1 fully saturated rings. The lowest BCUT2D eigenvalue weighted by atomic mass is 10.1. The second kappa shape index (κ2) is 8.07. The van der Waals surface area contributed by atoms with Gasteiger partial charge in [-0.15, -0.1) is 0 Å². The molecule has 0 radical (unpaired) electrons. The third kappa shape index (κ3) is 4.11. The van der Waals surface area contributed by atoms with Crippen LogP contribution in [0, 0.1) is 0 Å². The quantitative estimate of drug-likeness (QED) is 0.541. The van der Waals surface area contributed by atoms with E-state index in [0.717, 1.165) is 12.3 Å². The number of aliphatic hydroxyl groups excluding tert-OH is 2. The first-order valence-corrected chi connectivity index (χ1v) is 9.31. The zero-order valence-corrected chi connectivity index (χ0v) is 14.9. The molecular formula is C13H20F2N3O7P. The Kier molecular flexibility index (Phi) is 6.48. The number of aromatic nitrogens is 2. The number of aliphatic hydroxyl groups is 2. The van der Waals surface area contributed by atoms with Crippen LogP contribution in [0.3, 0.4) is 0 Å². The van der Waals surface area contributed by atoms with Gasteiger partial charge in [-0.25, -0.2) is 9.36 Å². The maximum absolute atomic E-state index is 14.1. The van der Waals surface area contributed by atoms with Crippen molar-refractivity contribution in [2.45, 2.75) is 38.2 Å². The molecule has 2 rings (SSSR count). The topological polar surface area (TPSA) is 132 Å². The number of ether oxygens (including phenoxy) is 1. The summed E-state index contributed by atoms with van der Waals surface area (Å²) >= 11 is 0. The molecule has 0 amide bonds. The number of halogens is 2. The van der Waals surface area contributed by atoms with Crippen molar-refractivity contribution in [3.63, 3.8) is 0 Å². The lowest BCUT2D eigenvalue weighted by molar-refractivity contribution is -0.140. The standard InChI is InChI=1S/C13H20F2N3O7P/c1-3-23-26(22,24-4-2)17-9-5-6-18(12(21)16-9)11-13(14,15)10(20)8(7-19)25-11/h5-6,8,10-11,19-20H,3-4,7H2,1-2H3,(H,16,17,21,22)/t8-,10-,11-/m1/s1. The summed E-state index contributed by atoms with van der Waals surface area (Å²) in [6.07, 6.45) is -5.03. The molecule has 1 saturated heterocycles. The summed E-state index contributed by atoms with van der Waals surface area (Å²) in [7, 11) is -3.76. The van der Waals surface area contributed by atoms with Crippen molar-refractivity contribution in [2.24, 2.45) is 0 Å². The molecule has 0 saturated carbocycles. The second-order valence-corrected chi connectivity index (χ2v) is 7.01. The second-order valence-electron chi connectivity index (χ2n) is 5.28. The third-order valence-corrected chi connectivity index (χ3v) is 5.19. The summed E-state index contributed by atoms with van der Waals surface area (Å²) in [6, 6.07) is 1.10. The van der Waals surface area contributed by atoms with Gasteiger partial charge in [0.15, 0.2) is 6.10 Å². The van der Waals surface area contributed by atoms with Crippen LogP contribution in [0.1, 0.15) is 20.1 Å². The Labute approximate surface area is 147 Å². The van der Waals surface area contributed by atoms with Crippen LogP contribution in [-0.4, -0.2) is 57.7 Å². The molecule has 13 heteroatoms. The van der Waals surface area contributed by atoms with Crippen LogP contribution < -0.4 is 10.8 Å². The first-order valence-electron chi connectivity index (χ1n) is 7.77. The third-order valence-electron chi connectivity index (χ3n) is 3.49. The van der Waals surface area contributed by atoms with Gasteiger partial charge in [0.25, 0.3) is 0 Å². The summed E-state index contributed by atoms with van der Waals surface area (Å²) in [5, 5.41) is 20.8. The number of hydrogen-bond donors (Lipinski definition) is 3. The number of nitrogens with zero attached hydrogens (tertiary/aromatic N) is 2. The molecule has 1 aliphatic heterocycles. The average Bonchev–Trinajstić information content (AvgIpc) is 2.78. The maximum Gasteiger partial charge on any atom is 0.433 e. The SMILES string of the molecule is CCOP(=O)(Nc1ccn([C@@H]2O[C@H](CO)[C@@H](O)C2(F)F)c(=O)n1)OCC. The predicted octanol–water partition coefficient (Wildman–Crippen LogP) is 0.722. The predicted molar refractivity (Wildman–Crippen MR) is 84.9 cm³/mol. The van der Waals surface area contributed by atoms with E-state index >= 15 is 0 Å². The van der Waals surface area contributed by atoms with Crippen molar-refractivity contribution in [3.8, 4) is 0 Å². The molecule has 1 aliphatic rings. The van der Waals surface area contributed by atoms with Crippen molar-refractivity contribution in [2.75, 3.05) is 24.9 Å². The Morgan fingerprint density at radius 2 is 2.04 bits per heavy atom. The Bertz CT molecular complexity index is 722. The Morgan fingerprint density at radius 3 is 2.50 bits per heavy atom. The first kappa shape index (κ1) is 20.9. The highest BCUT2D eigenvalue weighted by molar-refractivity contribution is 7.55. The molecule has 0 aliphatic carbocycles. The fourth-order valence-corrected chi connectivity index (χ4v) is 3.64.